The van der Waals surface area contributed by atoms with Crippen molar-refractivity contribution in [3.05, 3.63) is 52.7 Å². The van der Waals surface area contributed by atoms with Crippen LogP contribution in [-0.2, 0) is 4.74 Å². The van der Waals surface area contributed by atoms with E-state index in [0.29, 0.717) is 17.9 Å². The molecule has 5 rings (SSSR count). The summed E-state index contributed by atoms with van der Waals surface area (Å²) in [7, 11) is 0. The molecule has 7 N–H and O–H groups in total. The topological polar surface area (TPSA) is 142 Å². The fourth-order valence-corrected chi connectivity index (χ4v) is 6.02. The molecule has 39 heavy (non-hydrogen) atoms. The van der Waals surface area contributed by atoms with Gasteiger partial charge in [-0.3, -0.25) is 5.10 Å². The van der Waals surface area contributed by atoms with Gasteiger partial charge in [-0.15, -0.1) is 0 Å². The standard InChI is InChI=1S/C27H35F2N5O4S/c1-3-8-39-27-31-21-10-15(17-12-22(38-7-6-35)25(37)24(17)36)13(2)33-34-23(21)26(32-27)30-20-11-16(20)14-4-5-18(28)19(29)9-14/h4-5,9-10,16-17,20,22,24-25,30,33-37H,3,6-8,11-12H2,1-2H3,(H,31,32). The maximum Gasteiger partial charge on any atom is 0.167 e. The summed E-state index contributed by atoms with van der Waals surface area (Å²) in [5, 5.41) is 41.2. The maximum absolute atomic E-state index is 13.8. The molecule has 0 radical (unpaired) electrons. The number of benzene rings is 1. The van der Waals surface area contributed by atoms with E-state index in [1.165, 1.54) is 6.07 Å². The predicted molar refractivity (Wildman–Crippen MR) is 145 cm³/mol. The smallest absolute Gasteiger partial charge is 0.167 e. The summed E-state index contributed by atoms with van der Waals surface area (Å²) >= 11 is 1.59. The van der Waals surface area contributed by atoms with Crippen molar-refractivity contribution in [1.29, 1.82) is 0 Å². The molecule has 9 nitrogen and oxygen atoms in total. The first kappa shape index (κ1) is 27.9. The summed E-state index contributed by atoms with van der Waals surface area (Å²) in [6, 6.07) is 5.99. The van der Waals surface area contributed by atoms with Crippen LogP contribution < -0.4 is 5.32 Å². The van der Waals surface area contributed by atoms with E-state index in [0.717, 1.165) is 52.3 Å². The van der Waals surface area contributed by atoms with Gasteiger partial charge in [0.25, 0.3) is 0 Å². The highest BCUT2D eigenvalue weighted by Gasteiger charge is 2.44. The number of ether oxygens (including phenoxy) is 1. The van der Waals surface area contributed by atoms with Crippen LogP contribution in [0.3, 0.4) is 0 Å². The van der Waals surface area contributed by atoms with E-state index in [9.17, 15) is 19.0 Å². The molecule has 2 fully saturated rings. The van der Waals surface area contributed by atoms with Crippen LogP contribution in [0.15, 0.2) is 29.4 Å². The highest BCUT2D eigenvalue weighted by Crippen LogP contribution is 2.45. The fourth-order valence-electron chi connectivity index (χ4n) is 5.28. The van der Waals surface area contributed by atoms with Crippen molar-refractivity contribution in [3.63, 3.8) is 0 Å². The Morgan fingerprint density at radius 3 is 2.67 bits per heavy atom. The largest absolute Gasteiger partial charge is 0.394 e. The van der Waals surface area contributed by atoms with Gasteiger partial charge < -0.3 is 35.5 Å². The summed E-state index contributed by atoms with van der Waals surface area (Å²) in [4.78, 5) is 8.21. The lowest BCUT2D eigenvalue weighted by molar-refractivity contribution is -0.0616. The third kappa shape index (κ3) is 5.94. The minimum atomic E-state index is -1.07. The van der Waals surface area contributed by atoms with Crippen molar-refractivity contribution in [2.45, 2.75) is 74.5 Å². The number of thioether (sulfide) groups is 1. The van der Waals surface area contributed by atoms with E-state index < -0.39 is 35.9 Å². The van der Waals surface area contributed by atoms with Gasteiger partial charge in [-0.1, -0.05) is 24.8 Å². The number of rotatable bonds is 10. The number of fused-ring (bicyclic) bond motifs is 1. The molecule has 2 heterocycles. The van der Waals surface area contributed by atoms with Gasteiger partial charge in [0.15, 0.2) is 22.6 Å². The molecule has 1 aromatic carbocycles. The zero-order chi connectivity index (χ0) is 27.7. The molecule has 2 aliphatic carbocycles. The van der Waals surface area contributed by atoms with Gasteiger partial charge in [0.05, 0.1) is 31.1 Å². The van der Waals surface area contributed by atoms with Crippen molar-refractivity contribution in [2.75, 3.05) is 24.3 Å². The average Bonchev–Trinajstić information content (AvgIpc) is 3.66. The number of hydrogen-bond acceptors (Lipinski definition) is 7. The number of aliphatic hydroxyl groups is 3. The lowest BCUT2D eigenvalue weighted by Crippen LogP contribution is -2.32. The Morgan fingerprint density at radius 2 is 1.92 bits per heavy atom. The molecular weight excluding hydrogens is 528 g/mol. The van der Waals surface area contributed by atoms with Crippen LogP contribution in [0.1, 0.15) is 54.8 Å². The van der Waals surface area contributed by atoms with Gasteiger partial charge in [0.1, 0.15) is 11.8 Å². The first-order valence-electron chi connectivity index (χ1n) is 13.3. The van der Waals surface area contributed by atoms with Crippen LogP contribution in [0.25, 0.3) is 11.4 Å². The number of halogens is 2. The molecular formula is C27H35F2N5O4S. The van der Waals surface area contributed by atoms with Gasteiger partial charge in [-0.05, 0) is 55.5 Å². The fraction of sp³-hybridized carbons (Fsp3) is 0.519. The van der Waals surface area contributed by atoms with E-state index in [2.05, 4.69) is 27.4 Å². The molecule has 0 amide bonds. The number of anilines is 1. The van der Waals surface area contributed by atoms with E-state index >= 15 is 0 Å². The Bertz CT molecular complexity index is 1310. The van der Waals surface area contributed by atoms with Gasteiger partial charge in [-0.25, -0.2) is 13.8 Å². The Kier molecular flexibility index (Phi) is 8.48. The van der Waals surface area contributed by atoms with Crippen LogP contribution in [-0.4, -0.2) is 78.8 Å². The Labute approximate surface area is 229 Å². The van der Waals surface area contributed by atoms with Crippen molar-refractivity contribution < 1.29 is 28.8 Å². The Balaban J connectivity index is 1.46. The highest BCUT2D eigenvalue weighted by molar-refractivity contribution is 7.99. The molecule has 6 atom stereocenters. The van der Waals surface area contributed by atoms with E-state index in [4.69, 9.17) is 14.8 Å². The Hall–Kier alpha value is -2.64. The molecule has 4 aliphatic rings. The molecule has 0 bridgehead atoms. The molecule has 1 aromatic rings. The van der Waals surface area contributed by atoms with Crippen molar-refractivity contribution in [3.8, 4) is 11.4 Å². The van der Waals surface area contributed by atoms with Crippen LogP contribution in [0.4, 0.5) is 14.6 Å². The van der Waals surface area contributed by atoms with E-state index in [1.807, 2.05) is 13.0 Å². The molecule has 6 unspecified atom stereocenters. The SMILES string of the molecule is CCCSc1nc(NC2CC2c2ccc(F)c(F)c2)c2[nH][nH]c(C)c(C3CC(OCCO)C(O)C3O)cc-2[nH]1. The normalized spacial score (nSPS) is 26.2. The van der Waals surface area contributed by atoms with Crippen LogP contribution >= 0.6 is 11.8 Å². The lowest BCUT2D eigenvalue weighted by atomic mass is 9.94. The van der Waals surface area contributed by atoms with Crippen molar-refractivity contribution in [2.24, 2.45) is 0 Å². The first-order valence-corrected chi connectivity index (χ1v) is 14.3. The monoisotopic (exact) mass is 563 g/mol. The third-order valence-corrected chi connectivity index (χ3v) is 8.53. The maximum atomic E-state index is 13.8. The summed E-state index contributed by atoms with van der Waals surface area (Å²) in [6.07, 6.45) is -0.555. The summed E-state index contributed by atoms with van der Waals surface area (Å²) in [5.41, 5.74) is 3.76. The van der Waals surface area contributed by atoms with E-state index in [-0.39, 0.29) is 25.2 Å². The lowest BCUT2D eigenvalue weighted by Gasteiger charge is -2.18. The zero-order valence-corrected chi connectivity index (χ0v) is 22.7. The second-order valence-electron chi connectivity index (χ2n) is 10.2. The molecule has 12 heteroatoms. The van der Waals surface area contributed by atoms with Crippen LogP contribution in [0.2, 0.25) is 0 Å². The second kappa shape index (κ2) is 11.8. The number of nitrogens with one attached hydrogen (secondary N) is 4. The van der Waals surface area contributed by atoms with Gasteiger partial charge in [0, 0.05) is 29.3 Å². The second-order valence-corrected chi connectivity index (χ2v) is 11.3. The summed E-state index contributed by atoms with van der Waals surface area (Å²) in [5.74, 6) is -0.579. The van der Waals surface area contributed by atoms with Gasteiger partial charge in [-0.2, -0.15) is 0 Å². The zero-order valence-electron chi connectivity index (χ0n) is 21.9. The number of H-pyrrole nitrogens is 3. The summed E-state index contributed by atoms with van der Waals surface area (Å²) < 4.78 is 32.8. The minimum Gasteiger partial charge on any atom is -0.394 e. The highest BCUT2D eigenvalue weighted by atomic mass is 32.2. The first-order chi connectivity index (χ1) is 18.8. The molecule has 2 saturated carbocycles. The molecule has 212 valence electrons. The third-order valence-electron chi connectivity index (χ3n) is 7.45. The number of aromatic nitrogens is 4. The molecule has 0 spiro atoms. The van der Waals surface area contributed by atoms with Crippen LogP contribution in [0.5, 0.6) is 0 Å². The van der Waals surface area contributed by atoms with Gasteiger partial charge in [0.2, 0.25) is 0 Å². The average molecular weight is 564 g/mol. The minimum absolute atomic E-state index is 0.00713. The number of aromatic amines is 3. The molecule has 0 saturated heterocycles. The van der Waals surface area contributed by atoms with E-state index in [1.54, 1.807) is 17.8 Å². The quantitative estimate of drug-likeness (QED) is 0.146. The Morgan fingerprint density at radius 1 is 1.10 bits per heavy atom. The number of aliphatic hydroxyl groups excluding tert-OH is 3. The predicted octanol–water partition coefficient (Wildman–Crippen LogP) is 3.94. The van der Waals surface area contributed by atoms with Gasteiger partial charge >= 0.3 is 0 Å². The van der Waals surface area contributed by atoms with Crippen molar-refractivity contribution >= 4 is 17.6 Å². The van der Waals surface area contributed by atoms with Crippen LogP contribution in [0, 0.1) is 18.6 Å². The molecule has 0 aromatic heterocycles. The van der Waals surface area contributed by atoms with Crippen molar-refractivity contribution in [1.82, 2.24) is 20.2 Å². The number of nitrogens with zero attached hydrogens (tertiary/aromatic N) is 1. The number of hydrogen-bond donors (Lipinski definition) is 7. The number of aryl methyl sites for hydroxylation is 1. The molecule has 2 aliphatic heterocycles. The summed E-state index contributed by atoms with van der Waals surface area (Å²) in [6.45, 7) is 3.91.